The molecule has 0 nitrogen and oxygen atoms in total. The molecule has 0 saturated heterocycles. The Hall–Kier alpha value is 0.857. The van der Waals surface area contributed by atoms with Crippen molar-refractivity contribution in [2.45, 2.75) is 64.5 Å². The molecule has 0 spiro atoms. The normalized spacial score (nSPS) is 17.0. The first-order valence-electron chi connectivity index (χ1n) is 8.89. The summed E-state index contributed by atoms with van der Waals surface area (Å²) in [6, 6.07) is 3.07. The van der Waals surface area contributed by atoms with Gasteiger partial charge in [0, 0.05) is 0 Å². The Morgan fingerprint density at radius 2 is 1.26 bits per heavy atom. The summed E-state index contributed by atoms with van der Waals surface area (Å²) in [6.45, 7) is 4.65. The van der Waals surface area contributed by atoms with Crippen LogP contribution in [-0.4, -0.2) is 19.0 Å². The average molecular weight is 467 g/mol. The number of halogens is 2. The summed E-state index contributed by atoms with van der Waals surface area (Å²) in [6.07, 6.45) is 18.3. The number of unbranched alkanes of at least 4 members (excludes halogenated alkanes) is 2. The summed E-state index contributed by atoms with van der Waals surface area (Å²) < 4.78 is 3.92. The Morgan fingerprint density at radius 1 is 0.826 bits per heavy atom. The van der Waals surface area contributed by atoms with Crippen LogP contribution in [0.5, 0.6) is 0 Å². The molecule has 0 heterocycles. The molecule has 0 bridgehead atoms. The molecule has 0 aromatic rings. The van der Waals surface area contributed by atoms with E-state index in [4.69, 9.17) is 0 Å². The maximum atomic E-state index is 2.51. The van der Waals surface area contributed by atoms with Crippen molar-refractivity contribution < 1.29 is 23.2 Å². The zero-order chi connectivity index (χ0) is 14.9. The van der Waals surface area contributed by atoms with Crippen LogP contribution in [-0.2, 0) is 23.2 Å². The van der Waals surface area contributed by atoms with Gasteiger partial charge in [0.1, 0.15) is 0 Å². The van der Waals surface area contributed by atoms with Crippen molar-refractivity contribution in [3.8, 4) is 0 Å². The van der Waals surface area contributed by atoms with Crippen LogP contribution in [0.15, 0.2) is 41.3 Å². The smallest absolute Gasteiger partial charge is 0.147 e. The van der Waals surface area contributed by atoms with E-state index in [2.05, 4.69) is 38.2 Å². The van der Waals surface area contributed by atoms with Crippen LogP contribution in [0, 0.1) is 0 Å². The van der Waals surface area contributed by atoms with Crippen LogP contribution in [0.25, 0.3) is 0 Å². The molecule has 0 atom stereocenters. The fourth-order valence-electron chi connectivity index (χ4n) is 3.15. The molecule has 0 aromatic heterocycles. The van der Waals surface area contributed by atoms with Gasteiger partial charge >= 0.3 is 148 Å². The third kappa shape index (κ3) is 8.18. The largest absolute Gasteiger partial charge is 0.147 e. The van der Waals surface area contributed by atoms with E-state index in [9.17, 15) is 0 Å². The molecule has 0 aromatic carbocycles. The van der Waals surface area contributed by atoms with Crippen LogP contribution in [0.1, 0.15) is 52.4 Å². The molecule has 0 saturated carbocycles. The van der Waals surface area contributed by atoms with Gasteiger partial charge in [-0.05, 0) is 0 Å². The maximum absolute atomic E-state index is 2.51. The Morgan fingerprint density at radius 3 is 1.65 bits per heavy atom. The van der Waals surface area contributed by atoms with Gasteiger partial charge in [0.2, 0.25) is 0 Å². The van der Waals surface area contributed by atoms with Gasteiger partial charge in [-0.3, -0.25) is 0 Å². The van der Waals surface area contributed by atoms with Crippen molar-refractivity contribution in [1.29, 1.82) is 0 Å². The summed E-state index contributed by atoms with van der Waals surface area (Å²) >= 11 is -0.410. The Kier molecular flexibility index (Phi) is 14.6. The average Bonchev–Trinajstić information content (AvgIpc) is 3.10. The third-order valence-corrected chi connectivity index (χ3v) is 14.4. The molecule has 5 heteroatoms. The van der Waals surface area contributed by atoms with Crippen LogP contribution < -0.4 is 0 Å². The molecule has 0 radical (unpaired) electrons. The first kappa shape index (κ1) is 23.9. The number of hydrogen-bond donors (Lipinski definition) is 0. The Balaban J connectivity index is 0.00000242. The molecule has 2 aliphatic rings. The van der Waals surface area contributed by atoms with E-state index in [1.807, 2.05) is 17.0 Å². The van der Waals surface area contributed by atoms with E-state index in [1.54, 1.807) is 0 Å². The van der Waals surface area contributed by atoms with Gasteiger partial charge in [-0.15, -0.1) is 24.8 Å². The second kappa shape index (κ2) is 14.1. The SMILES string of the molecule is CCCC[SiH2]C1=[C]([Zr][C]2=C([SiH2]CCCC)C=CC2)CC=C1.Cl.Cl. The van der Waals surface area contributed by atoms with Crippen molar-refractivity contribution in [2.75, 3.05) is 0 Å². The molecular weight excluding hydrogens is 435 g/mol. The molecule has 0 fully saturated rings. The molecular formula is C18H32Cl2Si2Zr. The summed E-state index contributed by atoms with van der Waals surface area (Å²) in [4.78, 5) is 0. The predicted octanol–water partition coefficient (Wildman–Crippen LogP) is 5.03. The minimum Gasteiger partial charge on any atom is -0.147 e. The van der Waals surface area contributed by atoms with E-state index < -0.39 is 23.2 Å². The van der Waals surface area contributed by atoms with E-state index in [-0.39, 0.29) is 43.9 Å². The Bertz CT molecular complexity index is 426. The van der Waals surface area contributed by atoms with Gasteiger partial charge in [0.25, 0.3) is 0 Å². The first-order chi connectivity index (χ1) is 10.3. The van der Waals surface area contributed by atoms with Crippen molar-refractivity contribution in [3.05, 3.63) is 41.3 Å². The molecule has 0 amide bonds. The molecule has 0 N–H and O–H groups in total. The number of hydrogen-bond acceptors (Lipinski definition) is 0. The Labute approximate surface area is 171 Å². The van der Waals surface area contributed by atoms with Gasteiger partial charge in [-0.2, -0.15) is 0 Å². The molecule has 23 heavy (non-hydrogen) atoms. The van der Waals surface area contributed by atoms with Crippen molar-refractivity contribution in [3.63, 3.8) is 0 Å². The quantitative estimate of drug-likeness (QED) is 0.313. The summed E-state index contributed by atoms with van der Waals surface area (Å²) in [5.41, 5.74) is 0. The van der Waals surface area contributed by atoms with E-state index in [0.717, 1.165) is 0 Å². The van der Waals surface area contributed by atoms with E-state index in [1.165, 1.54) is 50.6 Å². The van der Waals surface area contributed by atoms with Crippen LogP contribution in [0.4, 0.5) is 0 Å². The predicted molar refractivity (Wildman–Crippen MR) is 113 cm³/mol. The molecule has 130 valence electrons. The van der Waals surface area contributed by atoms with Gasteiger partial charge in [-0.25, -0.2) is 0 Å². The first-order valence-corrected chi connectivity index (χ1v) is 14.8. The molecule has 0 aliphatic heterocycles. The van der Waals surface area contributed by atoms with Crippen molar-refractivity contribution in [2.24, 2.45) is 0 Å². The van der Waals surface area contributed by atoms with Crippen LogP contribution in [0.2, 0.25) is 12.1 Å². The standard InChI is InChI=1S/2C9H15Si.2ClH.Zr/c2*1-2-3-8-10-9-6-4-5-7-9;;;/h2*4,6H,2-3,5,8,10H2,1H3;2*1H;. The van der Waals surface area contributed by atoms with Crippen LogP contribution >= 0.6 is 24.8 Å². The fourth-order valence-corrected chi connectivity index (χ4v) is 13.0. The minimum atomic E-state index is -0.410. The number of rotatable bonds is 10. The summed E-state index contributed by atoms with van der Waals surface area (Å²) in [5.74, 6) is 0. The van der Waals surface area contributed by atoms with Crippen molar-refractivity contribution >= 4 is 43.9 Å². The monoisotopic (exact) mass is 464 g/mol. The van der Waals surface area contributed by atoms with Crippen molar-refractivity contribution in [1.82, 2.24) is 0 Å². The minimum absolute atomic E-state index is 0. The van der Waals surface area contributed by atoms with Gasteiger partial charge in [0.05, 0.1) is 0 Å². The van der Waals surface area contributed by atoms with Gasteiger partial charge in [-0.1, -0.05) is 0 Å². The second-order valence-electron chi connectivity index (χ2n) is 6.26. The zero-order valence-corrected chi connectivity index (χ0v) is 21.6. The number of allylic oxidation sites excluding steroid dienone is 8. The van der Waals surface area contributed by atoms with Gasteiger partial charge in [0.15, 0.2) is 0 Å². The van der Waals surface area contributed by atoms with E-state index >= 15 is 0 Å². The second-order valence-corrected chi connectivity index (χ2v) is 13.8. The summed E-state index contributed by atoms with van der Waals surface area (Å²) in [5, 5.41) is 3.76. The van der Waals surface area contributed by atoms with E-state index in [0.29, 0.717) is 0 Å². The van der Waals surface area contributed by atoms with Gasteiger partial charge < -0.3 is 0 Å². The third-order valence-electron chi connectivity index (χ3n) is 4.46. The molecule has 2 aliphatic carbocycles. The molecule has 0 unspecified atom stereocenters. The summed E-state index contributed by atoms with van der Waals surface area (Å²) in [7, 11) is 0.117. The zero-order valence-electron chi connectivity index (χ0n) is 14.7. The topological polar surface area (TPSA) is 0 Å². The molecule has 2 rings (SSSR count). The van der Waals surface area contributed by atoms with Crippen LogP contribution in [0.3, 0.4) is 0 Å². The maximum Gasteiger partial charge on any atom is -0.147 e. The fraction of sp³-hybridized carbons (Fsp3) is 0.556.